The maximum atomic E-state index is 11.7. The van der Waals surface area contributed by atoms with Crippen LogP contribution in [0.5, 0.6) is 0 Å². The number of amides is 1. The highest BCUT2D eigenvalue weighted by Gasteiger charge is 2.06. The summed E-state index contributed by atoms with van der Waals surface area (Å²) in [5.41, 5.74) is 4.35. The molecule has 0 bridgehead atoms. The molecule has 0 spiro atoms. The van der Waals surface area contributed by atoms with Gasteiger partial charge in [0, 0.05) is 32.4 Å². The molecule has 3 N–H and O–H groups in total. The number of carbonyl (C=O) groups is 1. The molecule has 0 unspecified atom stereocenters. The SMILES string of the molecule is CNC(=O)Cn1ccc(=O)n(CCN)c1=O. The molecule has 1 amide bonds. The highest BCUT2D eigenvalue weighted by atomic mass is 16.2. The van der Waals surface area contributed by atoms with Gasteiger partial charge in [-0.25, -0.2) is 4.79 Å². The van der Waals surface area contributed by atoms with Gasteiger partial charge in [0.25, 0.3) is 5.56 Å². The van der Waals surface area contributed by atoms with Gasteiger partial charge in [0.15, 0.2) is 0 Å². The number of nitrogens with zero attached hydrogens (tertiary/aromatic N) is 2. The summed E-state index contributed by atoms with van der Waals surface area (Å²) >= 11 is 0. The first-order valence-corrected chi connectivity index (χ1v) is 4.81. The largest absolute Gasteiger partial charge is 0.358 e. The first-order valence-electron chi connectivity index (χ1n) is 4.81. The van der Waals surface area contributed by atoms with Crippen molar-refractivity contribution in [3.63, 3.8) is 0 Å². The molecule has 0 saturated carbocycles. The van der Waals surface area contributed by atoms with Gasteiger partial charge in [0.1, 0.15) is 6.54 Å². The molecule has 0 aliphatic carbocycles. The summed E-state index contributed by atoms with van der Waals surface area (Å²) < 4.78 is 2.17. The molecule has 0 aliphatic heterocycles. The summed E-state index contributed by atoms with van der Waals surface area (Å²) in [6.45, 7) is 0.228. The lowest BCUT2D eigenvalue weighted by molar-refractivity contribution is -0.121. The first kappa shape index (κ1) is 12.2. The van der Waals surface area contributed by atoms with Crippen molar-refractivity contribution in [2.24, 2.45) is 5.73 Å². The quantitative estimate of drug-likeness (QED) is 0.604. The molecule has 1 aromatic heterocycles. The van der Waals surface area contributed by atoms with Crippen LogP contribution in [0.15, 0.2) is 21.9 Å². The minimum Gasteiger partial charge on any atom is -0.358 e. The van der Waals surface area contributed by atoms with Crippen LogP contribution < -0.4 is 22.3 Å². The number of nitrogens with one attached hydrogen (secondary N) is 1. The van der Waals surface area contributed by atoms with Gasteiger partial charge in [0.05, 0.1) is 0 Å². The van der Waals surface area contributed by atoms with Crippen LogP contribution in [0, 0.1) is 0 Å². The monoisotopic (exact) mass is 226 g/mol. The normalized spacial score (nSPS) is 10.1. The van der Waals surface area contributed by atoms with Crippen molar-refractivity contribution < 1.29 is 4.79 Å². The van der Waals surface area contributed by atoms with Crippen LogP contribution in [-0.2, 0) is 17.9 Å². The summed E-state index contributed by atoms with van der Waals surface area (Å²) in [6.07, 6.45) is 1.30. The van der Waals surface area contributed by atoms with Crippen molar-refractivity contribution >= 4 is 5.91 Å². The lowest BCUT2D eigenvalue weighted by Gasteiger charge is -2.07. The molecule has 0 aliphatic rings. The lowest BCUT2D eigenvalue weighted by Crippen LogP contribution is -2.42. The fourth-order valence-corrected chi connectivity index (χ4v) is 1.25. The zero-order valence-corrected chi connectivity index (χ0v) is 8.97. The Labute approximate surface area is 91.5 Å². The van der Waals surface area contributed by atoms with Crippen molar-refractivity contribution in [2.75, 3.05) is 13.6 Å². The lowest BCUT2D eigenvalue weighted by atomic mass is 10.5. The van der Waals surface area contributed by atoms with Gasteiger partial charge in [-0.1, -0.05) is 0 Å². The van der Waals surface area contributed by atoms with Gasteiger partial charge in [-0.2, -0.15) is 0 Å². The Morgan fingerprint density at radius 1 is 1.50 bits per heavy atom. The maximum absolute atomic E-state index is 11.7. The third-order valence-corrected chi connectivity index (χ3v) is 2.09. The Bertz CT molecular complexity index is 488. The van der Waals surface area contributed by atoms with Crippen LogP contribution in [0.25, 0.3) is 0 Å². The van der Waals surface area contributed by atoms with E-state index in [0.29, 0.717) is 0 Å². The van der Waals surface area contributed by atoms with E-state index >= 15 is 0 Å². The third-order valence-electron chi connectivity index (χ3n) is 2.09. The molecule has 0 saturated heterocycles. The molecule has 0 fully saturated rings. The Morgan fingerprint density at radius 2 is 2.19 bits per heavy atom. The Balaban J connectivity index is 3.13. The minimum atomic E-state index is -0.526. The van der Waals surface area contributed by atoms with E-state index in [4.69, 9.17) is 5.73 Å². The average molecular weight is 226 g/mol. The summed E-state index contributed by atoms with van der Waals surface area (Å²) in [6, 6.07) is 1.24. The van der Waals surface area contributed by atoms with E-state index in [1.807, 2.05) is 0 Å². The summed E-state index contributed by atoms with van der Waals surface area (Å²) in [5, 5.41) is 2.40. The molecule has 16 heavy (non-hydrogen) atoms. The third kappa shape index (κ3) is 2.57. The van der Waals surface area contributed by atoms with Gasteiger partial charge in [-0.05, 0) is 0 Å². The van der Waals surface area contributed by atoms with Crippen molar-refractivity contribution in [2.45, 2.75) is 13.1 Å². The average Bonchev–Trinajstić information content (AvgIpc) is 2.28. The first-order chi connectivity index (χ1) is 7.60. The zero-order valence-electron chi connectivity index (χ0n) is 8.97. The highest BCUT2D eigenvalue weighted by Crippen LogP contribution is 1.79. The molecule has 0 atom stereocenters. The number of nitrogens with two attached hydrogens (primary N) is 1. The van der Waals surface area contributed by atoms with Crippen LogP contribution >= 0.6 is 0 Å². The molecule has 0 radical (unpaired) electrons. The number of likely N-dealkylation sites (N-methyl/N-ethyl adjacent to an activating group) is 1. The van der Waals surface area contributed by atoms with Gasteiger partial charge in [-0.3, -0.25) is 18.7 Å². The smallest absolute Gasteiger partial charge is 0.331 e. The Morgan fingerprint density at radius 3 is 2.75 bits per heavy atom. The zero-order chi connectivity index (χ0) is 12.1. The number of hydrogen-bond acceptors (Lipinski definition) is 4. The minimum absolute atomic E-state index is 0.111. The molecular weight excluding hydrogens is 212 g/mol. The highest BCUT2D eigenvalue weighted by molar-refractivity contribution is 5.75. The number of aromatic nitrogens is 2. The molecule has 7 heteroatoms. The second kappa shape index (κ2) is 5.26. The second-order valence-electron chi connectivity index (χ2n) is 3.18. The standard InChI is InChI=1S/C9H14N4O3/c1-11-7(14)6-12-4-2-8(15)13(5-3-10)9(12)16/h2,4H,3,5-6,10H2,1H3,(H,11,14). The predicted octanol–water partition coefficient (Wildman–Crippen LogP) is -2.29. The maximum Gasteiger partial charge on any atom is 0.331 e. The van der Waals surface area contributed by atoms with Crippen molar-refractivity contribution in [1.82, 2.24) is 14.5 Å². The predicted molar refractivity (Wildman–Crippen MR) is 58.1 cm³/mol. The van der Waals surface area contributed by atoms with Gasteiger partial charge >= 0.3 is 5.69 Å². The summed E-state index contributed by atoms with van der Waals surface area (Å²) in [7, 11) is 1.48. The van der Waals surface area contributed by atoms with Crippen LogP contribution in [0.3, 0.4) is 0 Å². The topological polar surface area (TPSA) is 99.1 Å². The van der Waals surface area contributed by atoms with Crippen LogP contribution in [0.1, 0.15) is 0 Å². The molecule has 0 aromatic carbocycles. The van der Waals surface area contributed by atoms with Crippen LogP contribution in [0.4, 0.5) is 0 Å². The van der Waals surface area contributed by atoms with E-state index in [1.54, 1.807) is 0 Å². The van der Waals surface area contributed by atoms with Gasteiger partial charge in [0.2, 0.25) is 5.91 Å². The fourth-order valence-electron chi connectivity index (χ4n) is 1.25. The molecule has 1 aromatic rings. The Hall–Kier alpha value is -1.89. The van der Waals surface area contributed by atoms with Crippen molar-refractivity contribution in [3.8, 4) is 0 Å². The van der Waals surface area contributed by atoms with Crippen molar-refractivity contribution in [1.29, 1.82) is 0 Å². The van der Waals surface area contributed by atoms with Crippen molar-refractivity contribution in [3.05, 3.63) is 33.1 Å². The van der Waals surface area contributed by atoms with Gasteiger partial charge < -0.3 is 11.1 Å². The van der Waals surface area contributed by atoms with E-state index in [-0.39, 0.29) is 25.5 Å². The Kier molecular flexibility index (Phi) is 4.01. The summed E-state index contributed by atoms with van der Waals surface area (Å²) in [4.78, 5) is 34.2. The van der Waals surface area contributed by atoms with E-state index in [9.17, 15) is 14.4 Å². The molecule has 88 valence electrons. The molecule has 7 nitrogen and oxygen atoms in total. The van der Waals surface area contributed by atoms with Crippen LogP contribution in [-0.4, -0.2) is 28.6 Å². The van der Waals surface area contributed by atoms with E-state index < -0.39 is 11.2 Å². The number of hydrogen-bond donors (Lipinski definition) is 2. The van der Waals surface area contributed by atoms with E-state index in [1.165, 1.54) is 19.3 Å². The number of rotatable bonds is 4. The fraction of sp³-hybridized carbons (Fsp3) is 0.444. The second-order valence-corrected chi connectivity index (χ2v) is 3.18. The molecule has 1 heterocycles. The summed E-state index contributed by atoms with van der Waals surface area (Å²) in [5.74, 6) is -0.306. The van der Waals surface area contributed by atoms with Gasteiger partial charge in [-0.15, -0.1) is 0 Å². The molecular formula is C9H14N4O3. The van der Waals surface area contributed by atoms with E-state index in [2.05, 4.69) is 5.32 Å². The number of carbonyl (C=O) groups excluding carboxylic acids is 1. The van der Waals surface area contributed by atoms with Crippen LogP contribution in [0.2, 0.25) is 0 Å². The van der Waals surface area contributed by atoms with E-state index in [0.717, 1.165) is 9.13 Å². The molecule has 1 rings (SSSR count).